The zero-order valence-electron chi connectivity index (χ0n) is 23.9. The fourth-order valence-electron chi connectivity index (χ4n) is 4.08. The number of aryl methyl sites for hydroxylation is 1. The van der Waals surface area contributed by atoms with E-state index in [0.29, 0.717) is 18.5 Å². The highest BCUT2D eigenvalue weighted by Gasteiger charge is 2.27. The quantitative estimate of drug-likeness (QED) is 0.279. The molecule has 0 fully saturated rings. The first-order valence-corrected chi connectivity index (χ1v) is 14.6. The summed E-state index contributed by atoms with van der Waals surface area (Å²) in [4.78, 5) is 45.3. The number of fused-ring (bicyclic) bond motifs is 1. The lowest BCUT2D eigenvalue weighted by Crippen LogP contribution is -2.54. The van der Waals surface area contributed by atoms with Gasteiger partial charge in [-0.2, -0.15) is 0 Å². The first-order chi connectivity index (χ1) is 18.1. The fourth-order valence-corrected chi connectivity index (χ4v) is 5.16. The molecule has 0 saturated carbocycles. The molecular weight excluding hydrogens is 498 g/mol. The molecule has 0 radical (unpaired) electrons. The number of likely N-dealkylation sites (N-methyl/N-ethyl adjacent to an activating group) is 1. The summed E-state index contributed by atoms with van der Waals surface area (Å²) >= 11 is 1.55. The molecule has 3 atom stereocenters. The van der Waals surface area contributed by atoms with E-state index in [0.717, 1.165) is 41.2 Å². The average Bonchev–Trinajstić information content (AvgIpc) is 3.33. The van der Waals surface area contributed by atoms with Crippen LogP contribution in [-0.4, -0.2) is 65.9 Å². The van der Waals surface area contributed by atoms with E-state index in [9.17, 15) is 14.4 Å². The highest BCUT2D eigenvalue weighted by atomic mass is 32.1. The number of carbonyl (C=O) groups excluding carboxylic acids is 3. The topological polar surface area (TPSA) is 103 Å². The van der Waals surface area contributed by atoms with Crippen molar-refractivity contribution in [2.45, 2.75) is 79.3 Å². The van der Waals surface area contributed by atoms with Crippen molar-refractivity contribution < 1.29 is 14.4 Å². The Balaban J connectivity index is 2.13. The third-order valence-corrected chi connectivity index (χ3v) is 8.07. The summed E-state index contributed by atoms with van der Waals surface area (Å²) in [6.07, 6.45) is 2.35. The molecule has 1 heterocycles. The van der Waals surface area contributed by atoms with Crippen LogP contribution < -0.4 is 16.0 Å². The Morgan fingerprint density at radius 2 is 1.79 bits per heavy atom. The van der Waals surface area contributed by atoms with E-state index in [4.69, 9.17) is 4.98 Å². The molecule has 1 aromatic heterocycles. The van der Waals surface area contributed by atoms with Crippen LogP contribution in [-0.2, 0) is 27.2 Å². The van der Waals surface area contributed by atoms with Crippen LogP contribution in [0.1, 0.15) is 65.0 Å². The maximum Gasteiger partial charge on any atom is 0.247 e. The van der Waals surface area contributed by atoms with E-state index in [2.05, 4.69) is 46.5 Å². The number of amides is 3. The van der Waals surface area contributed by atoms with E-state index < -0.39 is 6.04 Å². The SMILES string of the molecule is C=C(CN(CC)CC)C(=O)NC[C@@H](NC(=O)[C@H](Cc1nc2ccc(CC)cc2s1)NC(=O)CC)[C@@H](C)CC. The summed E-state index contributed by atoms with van der Waals surface area (Å²) in [7, 11) is 0. The number of hydrogen-bond acceptors (Lipinski definition) is 6. The third kappa shape index (κ3) is 9.20. The molecule has 1 aromatic carbocycles. The van der Waals surface area contributed by atoms with Crippen molar-refractivity contribution in [3.8, 4) is 0 Å². The van der Waals surface area contributed by atoms with Crippen molar-refractivity contribution in [1.29, 1.82) is 0 Å². The Labute approximate surface area is 231 Å². The number of benzene rings is 1. The number of aromatic nitrogens is 1. The maximum absolute atomic E-state index is 13.5. The molecule has 0 bridgehead atoms. The molecule has 0 unspecified atom stereocenters. The summed E-state index contributed by atoms with van der Waals surface area (Å²) < 4.78 is 1.07. The van der Waals surface area contributed by atoms with Gasteiger partial charge in [0.25, 0.3) is 0 Å². The van der Waals surface area contributed by atoms with E-state index in [1.807, 2.05) is 33.8 Å². The summed E-state index contributed by atoms with van der Waals surface area (Å²) in [6, 6.07) is 5.15. The molecule has 9 heteroatoms. The second-order valence-electron chi connectivity index (χ2n) is 9.72. The Morgan fingerprint density at radius 3 is 2.39 bits per heavy atom. The van der Waals surface area contributed by atoms with Gasteiger partial charge in [0, 0.05) is 37.5 Å². The van der Waals surface area contributed by atoms with Crippen molar-refractivity contribution in [2.75, 3.05) is 26.2 Å². The van der Waals surface area contributed by atoms with Gasteiger partial charge in [0.2, 0.25) is 17.7 Å². The normalized spacial score (nSPS) is 13.7. The zero-order chi connectivity index (χ0) is 28.2. The van der Waals surface area contributed by atoms with E-state index >= 15 is 0 Å². The van der Waals surface area contributed by atoms with Gasteiger partial charge in [-0.25, -0.2) is 4.98 Å². The van der Waals surface area contributed by atoms with Gasteiger partial charge in [-0.05, 0) is 43.1 Å². The van der Waals surface area contributed by atoms with Gasteiger partial charge in [0.15, 0.2) is 0 Å². The largest absolute Gasteiger partial charge is 0.350 e. The Bertz CT molecular complexity index is 1100. The second-order valence-corrected chi connectivity index (χ2v) is 10.8. The molecule has 0 aliphatic rings. The van der Waals surface area contributed by atoms with Crippen molar-refractivity contribution in [3.63, 3.8) is 0 Å². The van der Waals surface area contributed by atoms with Crippen LogP contribution in [0.4, 0.5) is 0 Å². The predicted octanol–water partition coefficient (Wildman–Crippen LogP) is 3.84. The molecule has 0 aliphatic heterocycles. The van der Waals surface area contributed by atoms with Crippen molar-refractivity contribution in [3.05, 3.63) is 40.9 Å². The average molecular weight is 544 g/mol. The first kappa shape index (κ1) is 31.4. The Kier molecular flexibility index (Phi) is 12.9. The maximum atomic E-state index is 13.5. The number of hydrogen-bond donors (Lipinski definition) is 3. The Morgan fingerprint density at radius 1 is 1.08 bits per heavy atom. The molecule has 0 aliphatic carbocycles. The number of nitrogens with zero attached hydrogens (tertiary/aromatic N) is 2. The van der Waals surface area contributed by atoms with E-state index in [-0.39, 0.29) is 42.6 Å². The number of nitrogens with one attached hydrogen (secondary N) is 3. The van der Waals surface area contributed by atoms with Gasteiger partial charge < -0.3 is 16.0 Å². The predicted molar refractivity (Wildman–Crippen MR) is 156 cm³/mol. The summed E-state index contributed by atoms with van der Waals surface area (Å²) in [6.45, 7) is 18.5. The minimum atomic E-state index is -0.756. The Hall–Kier alpha value is -2.78. The first-order valence-electron chi connectivity index (χ1n) is 13.8. The minimum Gasteiger partial charge on any atom is -0.350 e. The molecule has 210 valence electrons. The zero-order valence-corrected chi connectivity index (χ0v) is 24.7. The monoisotopic (exact) mass is 543 g/mol. The van der Waals surface area contributed by atoms with E-state index in [1.165, 1.54) is 5.56 Å². The molecule has 3 N–H and O–H groups in total. The highest BCUT2D eigenvalue weighted by molar-refractivity contribution is 7.18. The van der Waals surface area contributed by atoms with Gasteiger partial charge in [-0.15, -0.1) is 11.3 Å². The number of carbonyl (C=O) groups is 3. The molecule has 0 saturated heterocycles. The standard InChI is InChI=1S/C29H45N5O3S/c1-8-19(6)24(17-30-28(36)20(7)18-34(11-4)12-5)33-29(37)23(31-26(35)10-3)16-27-32-22-14-13-21(9-2)15-25(22)38-27/h13-15,19,23-24H,7-12,16-18H2,1-6H3,(H,30,36)(H,31,35)(H,33,37)/t19-,23-,24+/m0/s1. The molecule has 8 nitrogen and oxygen atoms in total. The lowest BCUT2D eigenvalue weighted by molar-refractivity contribution is -0.129. The van der Waals surface area contributed by atoms with Crippen LogP contribution in [0.15, 0.2) is 30.4 Å². The van der Waals surface area contributed by atoms with Crippen LogP contribution in [0.25, 0.3) is 10.2 Å². The minimum absolute atomic E-state index is 0.118. The molecule has 38 heavy (non-hydrogen) atoms. The lowest BCUT2D eigenvalue weighted by atomic mass is 9.98. The van der Waals surface area contributed by atoms with Crippen LogP contribution in [0.3, 0.4) is 0 Å². The second kappa shape index (κ2) is 15.6. The van der Waals surface area contributed by atoms with Crippen molar-refractivity contribution in [1.82, 2.24) is 25.8 Å². The van der Waals surface area contributed by atoms with Gasteiger partial charge in [0.05, 0.1) is 15.2 Å². The number of rotatable bonds is 16. The van der Waals surface area contributed by atoms with Crippen LogP contribution in [0, 0.1) is 5.92 Å². The van der Waals surface area contributed by atoms with Crippen molar-refractivity contribution in [2.24, 2.45) is 5.92 Å². The molecule has 0 spiro atoms. The van der Waals surface area contributed by atoms with Gasteiger partial charge in [0.1, 0.15) is 6.04 Å². The van der Waals surface area contributed by atoms with Gasteiger partial charge in [-0.3, -0.25) is 19.3 Å². The fraction of sp³-hybridized carbons (Fsp3) is 0.586. The molecular formula is C29H45N5O3S. The summed E-state index contributed by atoms with van der Waals surface area (Å²) in [5, 5.41) is 9.71. The van der Waals surface area contributed by atoms with Crippen LogP contribution in [0.2, 0.25) is 0 Å². The molecule has 2 aromatic rings. The number of thiazole rings is 1. The lowest BCUT2D eigenvalue weighted by Gasteiger charge is -2.27. The third-order valence-electron chi connectivity index (χ3n) is 7.03. The highest BCUT2D eigenvalue weighted by Crippen LogP contribution is 2.24. The van der Waals surface area contributed by atoms with Gasteiger partial charge >= 0.3 is 0 Å². The van der Waals surface area contributed by atoms with E-state index in [1.54, 1.807) is 18.3 Å². The van der Waals surface area contributed by atoms with Crippen molar-refractivity contribution >= 4 is 39.3 Å². The molecule has 3 amide bonds. The van der Waals surface area contributed by atoms with Crippen LogP contribution >= 0.6 is 11.3 Å². The summed E-state index contributed by atoms with van der Waals surface area (Å²) in [5.74, 6) is -0.564. The smallest absolute Gasteiger partial charge is 0.247 e. The van der Waals surface area contributed by atoms with Gasteiger partial charge in [-0.1, -0.05) is 60.6 Å². The summed E-state index contributed by atoms with van der Waals surface area (Å²) in [5.41, 5.74) is 2.63. The molecule has 2 rings (SSSR count). The van der Waals surface area contributed by atoms with Crippen LogP contribution in [0.5, 0.6) is 0 Å².